The lowest BCUT2D eigenvalue weighted by Gasteiger charge is -2.10. The average molecular weight is 268 g/mol. The number of aryl methyl sites for hydroxylation is 1. The molecule has 1 aliphatic rings. The van der Waals surface area contributed by atoms with Crippen molar-refractivity contribution in [1.29, 1.82) is 0 Å². The first-order chi connectivity index (χ1) is 9.57. The third kappa shape index (κ3) is 2.53. The van der Waals surface area contributed by atoms with Crippen LogP contribution in [-0.4, -0.2) is 21.4 Å². The number of amides is 1. The molecule has 2 aromatic rings. The SMILES string of the molecule is Cc1ccnc(-c2ccc(NC(=O)C3(N)CC3)cc2)n1. The molecule has 1 saturated carbocycles. The quantitative estimate of drug-likeness (QED) is 0.890. The second kappa shape index (κ2) is 4.68. The highest BCUT2D eigenvalue weighted by atomic mass is 16.2. The minimum atomic E-state index is -0.654. The zero-order chi connectivity index (χ0) is 14.2. The van der Waals surface area contributed by atoms with Crippen LogP contribution in [0, 0.1) is 6.92 Å². The van der Waals surface area contributed by atoms with Crippen LogP contribution in [-0.2, 0) is 4.79 Å². The van der Waals surface area contributed by atoms with Crippen molar-refractivity contribution in [3.05, 3.63) is 42.2 Å². The number of hydrogen-bond donors (Lipinski definition) is 2. The van der Waals surface area contributed by atoms with Crippen LogP contribution < -0.4 is 11.1 Å². The van der Waals surface area contributed by atoms with Crippen LogP contribution in [0.15, 0.2) is 36.5 Å². The van der Waals surface area contributed by atoms with Crippen molar-refractivity contribution in [2.24, 2.45) is 5.73 Å². The van der Waals surface area contributed by atoms with Crippen molar-refractivity contribution < 1.29 is 4.79 Å². The molecule has 20 heavy (non-hydrogen) atoms. The van der Waals surface area contributed by atoms with Crippen LogP contribution in [0.4, 0.5) is 5.69 Å². The molecule has 1 amide bonds. The van der Waals surface area contributed by atoms with E-state index in [0.29, 0.717) is 5.82 Å². The highest BCUT2D eigenvalue weighted by Gasteiger charge is 2.45. The fraction of sp³-hybridized carbons (Fsp3) is 0.267. The van der Waals surface area contributed by atoms with Gasteiger partial charge in [0.25, 0.3) is 0 Å². The molecule has 0 aliphatic heterocycles. The Balaban J connectivity index is 1.76. The number of aromatic nitrogens is 2. The molecule has 1 aromatic heterocycles. The van der Waals surface area contributed by atoms with E-state index in [4.69, 9.17) is 5.73 Å². The summed E-state index contributed by atoms with van der Waals surface area (Å²) in [5, 5.41) is 2.83. The normalized spacial score (nSPS) is 15.7. The Labute approximate surface area is 117 Å². The van der Waals surface area contributed by atoms with E-state index in [1.54, 1.807) is 6.20 Å². The lowest BCUT2D eigenvalue weighted by molar-refractivity contribution is -0.118. The maximum atomic E-state index is 11.8. The average Bonchev–Trinajstić information content (AvgIpc) is 3.19. The molecule has 1 aromatic carbocycles. The number of nitrogens with one attached hydrogen (secondary N) is 1. The van der Waals surface area contributed by atoms with Gasteiger partial charge in [0.05, 0.1) is 5.54 Å². The number of anilines is 1. The maximum absolute atomic E-state index is 11.8. The van der Waals surface area contributed by atoms with Crippen LogP contribution in [0.2, 0.25) is 0 Å². The van der Waals surface area contributed by atoms with E-state index in [-0.39, 0.29) is 5.91 Å². The van der Waals surface area contributed by atoms with E-state index in [0.717, 1.165) is 29.8 Å². The molecule has 3 N–H and O–H groups in total. The smallest absolute Gasteiger partial charge is 0.244 e. The van der Waals surface area contributed by atoms with Crippen LogP contribution in [0.25, 0.3) is 11.4 Å². The predicted molar refractivity (Wildman–Crippen MR) is 77.0 cm³/mol. The van der Waals surface area contributed by atoms with Gasteiger partial charge in [0, 0.05) is 23.1 Å². The summed E-state index contributed by atoms with van der Waals surface area (Å²) in [7, 11) is 0. The summed E-state index contributed by atoms with van der Waals surface area (Å²) in [6, 6.07) is 9.31. The van der Waals surface area contributed by atoms with Gasteiger partial charge in [-0.1, -0.05) is 0 Å². The summed E-state index contributed by atoms with van der Waals surface area (Å²) < 4.78 is 0. The summed E-state index contributed by atoms with van der Waals surface area (Å²) in [5.41, 5.74) is 7.77. The van der Waals surface area contributed by atoms with Gasteiger partial charge < -0.3 is 11.1 Å². The van der Waals surface area contributed by atoms with Gasteiger partial charge in [-0.25, -0.2) is 9.97 Å². The van der Waals surface area contributed by atoms with E-state index in [1.165, 1.54) is 0 Å². The Morgan fingerprint density at radius 2 is 1.95 bits per heavy atom. The molecule has 0 radical (unpaired) electrons. The molecule has 3 rings (SSSR count). The molecule has 5 nitrogen and oxygen atoms in total. The summed E-state index contributed by atoms with van der Waals surface area (Å²) in [6.07, 6.45) is 3.25. The Bertz CT molecular complexity index is 647. The van der Waals surface area contributed by atoms with Crippen LogP contribution >= 0.6 is 0 Å². The third-order valence-electron chi connectivity index (χ3n) is 3.44. The van der Waals surface area contributed by atoms with Gasteiger partial charge in [0.2, 0.25) is 5.91 Å². The van der Waals surface area contributed by atoms with Gasteiger partial charge >= 0.3 is 0 Å². The van der Waals surface area contributed by atoms with Gasteiger partial charge in [-0.3, -0.25) is 4.79 Å². The molecular weight excluding hydrogens is 252 g/mol. The van der Waals surface area contributed by atoms with Crippen molar-refractivity contribution in [2.75, 3.05) is 5.32 Å². The van der Waals surface area contributed by atoms with Crippen LogP contribution in [0.1, 0.15) is 18.5 Å². The lowest BCUT2D eigenvalue weighted by atomic mass is 10.2. The third-order valence-corrected chi connectivity index (χ3v) is 3.44. The molecule has 1 fully saturated rings. The molecule has 0 bridgehead atoms. The molecule has 5 heteroatoms. The van der Waals surface area contributed by atoms with E-state index >= 15 is 0 Å². The fourth-order valence-electron chi connectivity index (χ4n) is 1.91. The highest BCUT2D eigenvalue weighted by Crippen LogP contribution is 2.33. The van der Waals surface area contributed by atoms with Gasteiger partial charge in [-0.15, -0.1) is 0 Å². The lowest BCUT2D eigenvalue weighted by Crippen LogP contribution is -2.37. The van der Waals surface area contributed by atoms with E-state index in [9.17, 15) is 4.79 Å². The standard InChI is InChI=1S/C15H16N4O/c1-10-6-9-17-13(18-10)11-2-4-12(5-3-11)19-14(20)15(16)7-8-15/h2-6,9H,7-8,16H2,1H3,(H,19,20). The summed E-state index contributed by atoms with van der Waals surface area (Å²) in [4.78, 5) is 20.4. The maximum Gasteiger partial charge on any atom is 0.244 e. The number of rotatable bonds is 3. The van der Waals surface area contributed by atoms with Gasteiger partial charge in [0.1, 0.15) is 0 Å². The topological polar surface area (TPSA) is 80.9 Å². The first kappa shape index (κ1) is 12.7. The fourth-order valence-corrected chi connectivity index (χ4v) is 1.91. The first-order valence-corrected chi connectivity index (χ1v) is 6.57. The summed E-state index contributed by atoms with van der Waals surface area (Å²) in [6.45, 7) is 1.93. The van der Waals surface area contributed by atoms with Crippen molar-refractivity contribution in [3.63, 3.8) is 0 Å². The van der Waals surface area contributed by atoms with E-state index in [1.807, 2.05) is 37.3 Å². The first-order valence-electron chi connectivity index (χ1n) is 6.57. The molecular formula is C15H16N4O. The Hall–Kier alpha value is -2.27. The zero-order valence-electron chi connectivity index (χ0n) is 11.3. The molecule has 0 saturated heterocycles. The zero-order valence-corrected chi connectivity index (χ0v) is 11.3. The Morgan fingerprint density at radius 3 is 2.55 bits per heavy atom. The Kier molecular flexibility index (Phi) is 2.99. The van der Waals surface area contributed by atoms with Gasteiger partial charge in [0.15, 0.2) is 5.82 Å². The van der Waals surface area contributed by atoms with Crippen molar-refractivity contribution in [2.45, 2.75) is 25.3 Å². The number of carbonyl (C=O) groups is 1. The second-order valence-electron chi connectivity index (χ2n) is 5.21. The summed E-state index contributed by atoms with van der Waals surface area (Å²) in [5.74, 6) is 0.567. The van der Waals surface area contributed by atoms with Crippen LogP contribution in [0.5, 0.6) is 0 Å². The molecule has 0 atom stereocenters. The number of nitrogens with zero attached hydrogens (tertiary/aromatic N) is 2. The monoisotopic (exact) mass is 268 g/mol. The molecule has 1 heterocycles. The molecule has 0 unspecified atom stereocenters. The summed E-state index contributed by atoms with van der Waals surface area (Å²) >= 11 is 0. The minimum absolute atomic E-state index is 0.114. The second-order valence-corrected chi connectivity index (χ2v) is 5.21. The van der Waals surface area contributed by atoms with Crippen molar-refractivity contribution >= 4 is 11.6 Å². The van der Waals surface area contributed by atoms with Crippen LogP contribution in [0.3, 0.4) is 0 Å². The van der Waals surface area contributed by atoms with E-state index < -0.39 is 5.54 Å². The van der Waals surface area contributed by atoms with E-state index in [2.05, 4.69) is 15.3 Å². The molecule has 102 valence electrons. The van der Waals surface area contributed by atoms with Crippen molar-refractivity contribution in [1.82, 2.24) is 9.97 Å². The minimum Gasteiger partial charge on any atom is -0.324 e. The highest BCUT2D eigenvalue weighted by molar-refractivity contribution is 6.00. The Morgan fingerprint density at radius 1 is 1.25 bits per heavy atom. The number of benzene rings is 1. The molecule has 1 aliphatic carbocycles. The molecule has 0 spiro atoms. The number of carbonyl (C=O) groups excluding carboxylic acids is 1. The number of hydrogen-bond acceptors (Lipinski definition) is 4. The largest absolute Gasteiger partial charge is 0.324 e. The van der Waals surface area contributed by atoms with Gasteiger partial charge in [-0.05, 0) is 50.1 Å². The predicted octanol–water partition coefficient (Wildman–Crippen LogP) is 1.88. The van der Waals surface area contributed by atoms with Gasteiger partial charge in [-0.2, -0.15) is 0 Å². The number of nitrogens with two attached hydrogens (primary N) is 1. The van der Waals surface area contributed by atoms with Crippen molar-refractivity contribution in [3.8, 4) is 11.4 Å².